The van der Waals surface area contributed by atoms with Gasteiger partial charge in [0.1, 0.15) is 16.7 Å². The Hall–Kier alpha value is -0.680. The van der Waals surface area contributed by atoms with Crippen LogP contribution in [-0.4, -0.2) is 48.1 Å². The standard InChI is InChI=1S/C11H19BrN4/c1-5-16(9(2)7-15(3)4)11-6-10(12)13-8-14-11/h6,8-9H,5,7H2,1-4H3. The van der Waals surface area contributed by atoms with E-state index in [1.54, 1.807) is 6.33 Å². The molecule has 5 heteroatoms. The number of rotatable bonds is 5. The summed E-state index contributed by atoms with van der Waals surface area (Å²) in [6, 6.07) is 2.39. The van der Waals surface area contributed by atoms with E-state index in [1.807, 2.05) is 6.07 Å². The molecule has 1 aromatic heterocycles. The highest BCUT2D eigenvalue weighted by Crippen LogP contribution is 2.17. The van der Waals surface area contributed by atoms with Crippen LogP contribution >= 0.6 is 15.9 Å². The fraction of sp³-hybridized carbons (Fsp3) is 0.636. The van der Waals surface area contributed by atoms with Crippen LogP contribution in [0.4, 0.5) is 5.82 Å². The lowest BCUT2D eigenvalue weighted by Gasteiger charge is -2.30. The van der Waals surface area contributed by atoms with E-state index in [9.17, 15) is 0 Å². The predicted octanol–water partition coefficient (Wildman–Crippen LogP) is 2.02. The molecule has 0 saturated carbocycles. The van der Waals surface area contributed by atoms with Crippen LogP contribution in [0.5, 0.6) is 0 Å². The van der Waals surface area contributed by atoms with Crippen LogP contribution in [-0.2, 0) is 0 Å². The van der Waals surface area contributed by atoms with Crippen molar-refractivity contribution in [2.45, 2.75) is 19.9 Å². The molecule has 0 saturated heterocycles. The van der Waals surface area contributed by atoms with Crippen molar-refractivity contribution < 1.29 is 0 Å². The van der Waals surface area contributed by atoms with Crippen LogP contribution in [0.3, 0.4) is 0 Å². The van der Waals surface area contributed by atoms with Gasteiger partial charge >= 0.3 is 0 Å². The van der Waals surface area contributed by atoms with Crippen molar-refractivity contribution in [3.05, 3.63) is 17.0 Å². The zero-order valence-electron chi connectivity index (χ0n) is 10.3. The highest BCUT2D eigenvalue weighted by Gasteiger charge is 2.14. The molecule has 0 amide bonds. The van der Waals surface area contributed by atoms with Crippen LogP contribution in [0.25, 0.3) is 0 Å². The summed E-state index contributed by atoms with van der Waals surface area (Å²) in [6.07, 6.45) is 1.59. The molecule has 0 bridgehead atoms. The summed E-state index contributed by atoms with van der Waals surface area (Å²) in [5, 5.41) is 0. The van der Waals surface area contributed by atoms with E-state index in [-0.39, 0.29) is 0 Å². The van der Waals surface area contributed by atoms with E-state index in [1.165, 1.54) is 0 Å². The zero-order chi connectivity index (χ0) is 12.1. The molecule has 1 aromatic rings. The van der Waals surface area contributed by atoms with Gasteiger partial charge in [-0.3, -0.25) is 0 Å². The minimum absolute atomic E-state index is 0.432. The Morgan fingerprint density at radius 1 is 1.38 bits per heavy atom. The average molecular weight is 287 g/mol. The Labute approximate surface area is 106 Å². The number of nitrogens with zero attached hydrogens (tertiary/aromatic N) is 4. The molecule has 1 unspecified atom stereocenters. The van der Waals surface area contributed by atoms with E-state index >= 15 is 0 Å². The number of likely N-dealkylation sites (N-methyl/N-ethyl adjacent to an activating group) is 2. The minimum Gasteiger partial charge on any atom is -0.353 e. The highest BCUT2D eigenvalue weighted by atomic mass is 79.9. The maximum absolute atomic E-state index is 4.31. The molecule has 0 aliphatic heterocycles. The van der Waals surface area contributed by atoms with Gasteiger partial charge in [0.2, 0.25) is 0 Å². The lowest BCUT2D eigenvalue weighted by atomic mass is 10.2. The van der Waals surface area contributed by atoms with Crippen molar-refractivity contribution in [1.29, 1.82) is 0 Å². The van der Waals surface area contributed by atoms with Gasteiger partial charge < -0.3 is 9.80 Å². The van der Waals surface area contributed by atoms with E-state index in [2.05, 4.69) is 63.6 Å². The molecule has 0 fully saturated rings. The van der Waals surface area contributed by atoms with Crippen LogP contribution in [0.2, 0.25) is 0 Å². The first-order valence-corrected chi connectivity index (χ1v) is 6.22. The maximum Gasteiger partial charge on any atom is 0.133 e. The first-order valence-electron chi connectivity index (χ1n) is 5.43. The predicted molar refractivity (Wildman–Crippen MR) is 70.8 cm³/mol. The van der Waals surface area contributed by atoms with Crippen molar-refractivity contribution in [1.82, 2.24) is 14.9 Å². The van der Waals surface area contributed by atoms with E-state index in [0.29, 0.717) is 6.04 Å². The fourth-order valence-corrected chi connectivity index (χ4v) is 2.10. The topological polar surface area (TPSA) is 32.3 Å². The van der Waals surface area contributed by atoms with Gasteiger partial charge in [-0.2, -0.15) is 0 Å². The highest BCUT2D eigenvalue weighted by molar-refractivity contribution is 9.10. The number of anilines is 1. The molecule has 0 radical (unpaired) electrons. The molecule has 0 N–H and O–H groups in total. The quantitative estimate of drug-likeness (QED) is 0.776. The second-order valence-corrected chi connectivity index (χ2v) is 4.91. The molecule has 1 rings (SSSR count). The number of aromatic nitrogens is 2. The van der Waals surface area contributed by atoms with Crippen molar-refractivity contribution in [2.75, 3.05) is 32.1 Å². The summed E-state index contributed by atoms with van der Waals surface area (Å²) in [6.45, 7) is 6.30. The summed E-state index contributed by atoms with van der Waals surface area (Å²) in [5.41, 5.74) is 0. The molecule has 4 nitrogen and oxygen atoms in total. The SMILES string of the molecule is CCN(c1cc(Br)ncn1)C(C)CN(C)C. The molecule has 16 heavy (non-hydrogen) atoms. The third kappa shape index (κ3) is 3.72. The third-order valence-corrected chi connectivity index (χ3v) is 2.85. The van der Waals surface area contributed by atoms with Gasteiger partial charge in [0, 0.05) is 25.2 Å². The largest absolute Gasteiger partial charge is 0.353 e. The average Bonchev–Trinajstić information content (AvgIpc) is 2.17. The van der Waals surface area contributed by atoms with Gasteiger partial charge in [-0.05, 0) is 43.9 Å². The maximum atomic E-state index is 4.31. The van der Waals surface area contributed by atoms with Gasteiger partial charge in [0.05, 0.1) is 0 Å². The molecule has 0 spiro atoms. The van der Waals surface area contributed by atoms with E-state index in [0.717, 1.165) is 23.5 Å². The number of hydrogen-bond acceptors (Lipinski definition) is 4. The summed E-state index contributed by atoms with van der Waals surface area (Å²) in [4.78, 5) is 12.8. The van der Waals surface area contributed by atoms with Gasteiger partial charge in [-0.25, -0.2) is 9.97 Å². The second kappa shape index (κ2) is 6.15. The summed E-state index contributed by atoms with van der Waals surface area (Å²) < 4.78 is 0.827. The number of hydrogen-bond donors (Lipinski definition) is 0. The molecular formula is C11H19BrN4. The first-order chi connectivity index (χ1) is 7.54. The molecule has 0 aromatic carbocycles. The molecular weight excluding hydrogens is 268 g/mol. The Morgan fingerprint density at radius 3 is 2.56 bits per heavy atom. The number of halogens is 1. The summed E-state index contributed by atoms with van der Waals surface area (Å²) >= 11 is 3.37. The minimum atomic E-state index is 0.432. The Kier molecular flexibility index (Phi) is 5.15. The Balaban J connectivity index is 2.81. The van der Waals surface area contributed by atoms with Crippen LogP contribution in [0, 0.1) is 0 Å². The normalized spacial score (nSPS) is 12.9. The molecule has 90 valence electrons. The van der Waals surface area contributed by atoms with E-state index < -0.39 is 0 Å². The Morgan fingerprint density at radius 2 is 2.06 bits per heavy atom. The van der Waals surface area contributed by atoms with Gasteiger partial charge in [0.25, 0.3) is 0 Å². The summed E-state index contributed by atoms with van der Waals surface area (Å²) in [7, 11) is 4.17. The van der Waals surface area contributed by atoms with Crippen LogP contribution in [0.15, 0.2) is 17.0 Å². The van der Waals surface area contributed by atoms with Crippen molar-refractivity contribution in [3.8, 4) is 0 Å². The van der Waals surface area contributed by atoms with Gasteiger partial charge in [-0.1, -0.05) is 0 Å². The van der Waals surface area contributed by atoms with Crippen LogP contribution in [0.1, 0.15) is 13.8 Å². The second-order valence-electron chi connectivity index (χ2n) is 4.10. The monoisotopic (exact) mass is 286 g/mol. The molecule has 1 heterocycles. The lowest BCUT2D eigenvalue weighted by molar-refractivity contribution is 0.372. The fourth-order valence-electron chi connectivity index (χ4n) is 1.81. The third-order valence-electron chi connectivity index (χ3n) is 2.42. The molecule has 0 aliphatic carbocycles. The van der Waals surface area contributed by atoms with E-state index in [4.69, 9.17) is 0 Å². The van der Waals surface area contributed by atoms with Gasteiger partial charge in [-0.15, -0.1) is 0 Å². The van der Waals surface area contributed by atoms with Crippen molar-refractivity contribution in [3.63, 3.8) is 0 Å². The van der Waals surface area contributed by atoms with Crippen LogP contribution < -0.4 is 4.90 Å². The lowest BCUT2D eigenvalue weighted by Crippen LogP contribution is -2.40. The first kappa shape index (κ1) is 13.4. The van der Waals surface area contributed by atoms with Crippen molar-refractivity contribution >= 4 is 21.7 Å². The molecule has 0 aliphatic rings. The Bertz CT molecular complexity index is 330. The van der Waals surface area contributed by atoms with Gasteiger partial charge in [0.15, 0.2) is 0 Å². The summed E-state index contributed by atoms with van der Waals surface area (Å²) in [5.74, 6) is 0.971. The molecule has 1 atom stereocenters. The zero-order valence-corrected chi connectivity index (χ0v) is 11.9. The van der Waals surface area contributed by atoms with Crippen molar-refractivity contribution in [2.24, 2.45) is 0 Å². The smallest absolute Gasteiger partial charge is 0.133 e.